The van der Waals surface area contributed by atoms with Crippen LogP contribution in [-0.4, -0.2) is 0 Å². The average Bonchev–Trinajstić information content (AvgIpc) is 3.30. The Morgan fingerprint density at radius 2 is 1.38 bits per heavy atom. The second-order valence-electron chi connectivity index (χ2n) is 12.3. The number of benzene rings is 3. The molecule has 1 aliphatic carbocycles. The number of fused-ring (bicyclic) bond motifs is 3. The molecule has 1 aliphatic rings. The first-order chi connectivity index (χ1) is 22.4. The van der Waals surface area contributed by atoms with Crippen molar-refractivity contribution >= 4 is 17.7 Å². The minimum atomic E-state index is 0.0497. The molecule has 4 rings (SSSR count). The van der Waals surface area contributed by atoms with Gasteiger partial charge in [0.2, 0.25) is 0 Å². The molecule has 0 heteroatoms. The summed E-state index contributed by atoms with van der Waals surface area (Å²) in [5, 5.41) is 0. The van der Waals surface area contributed by atoms with Gasteiger partial charge in [-0.3, -0.25) is 0 Å². The Kier molecular flexibility index (Phi) is 17.5. The van der Waals surface area contributed by atoms with Crippen LogP contribution in [-0.2, 0) is 11.8 Å². The smallest absolute Gasteiger partial charge is 0.0159 e. The van der Waals surface area contributed by atoms with Crippen molar-refractivity contribution in [3.8, 4) is 11.1 Å². The van der Waals surface area contributed by atoms with Crippen molar-refractivity contribution in [2.75, 3.05) is 0 Å². The molecule has 250 valence electrons. The lowest BCUT2D eigenvalue weighted by Gasteiger charge is -2.22. The Morgan fingerprint density at radius 3 is 1.89 bits per heavy atom. The molecule has 0 aromatic heterocycles. The summed E-state index contributed by atoms with van der Waals surface area (Å²) in [6.07, 6.45) is 18.6. The standard InChI is InChI=1S/C20H20.C18H24.C7H12.C2H6/c1-6-14-9-11-17-19(15(14)7-2)16-10-8-13(3)12-18(16)20(17,4)5;1-6-9-16-12-11-14(4)13-18(16)17(10-7-2)15(5)8-3;1-4-6-7(3)5-2;1-2/h6-12H,1-2H2,3-5H3;7-8,10-13H,3,6,9H2,1-2,4-5H3;4-6H,1-3H3;1-2H3/b;10-7-,17-15+;6-4-,7-5-;. The molecule has 0 radical (unpaired) electrons. The monoisotopic (exact) mass is 626 g/mol. The Hall–Kier alpha value is -4.16. The molecule has 0 aliphatic heterocycles. The number of aryl methyl sites for hydroxylation is 3. The van der Waals surface area contributed by atoms with E-state index in [1.807, 2.05) is 52.0 Å². The molecular formula is C47H62. The molecule has 0 amide bonds. The third kappa shape index (κ3) is 10.4. The van der Waals surface area contributed by atoms with Gasteiger partial charge in [0.15, 0.2) is 0 Å². The zero-order valence-electron chi connectivity index (χ0n) is 31.8. The van der Waals surface area contributed by atoms with E-state index in [4.69, 9.17) is 0 Å². The SMILES string of the molecule is C/C=C\C(C)=C/C.C=C/C(C)=C(\C=C/C)c1cc(C)ccc1CCC.C=Cc1ccc2c(c1C=C)-c1ccc(C)cc1C2(C)C.CC. The van der Waals surface area contributed by atoms with Crippen LogP contribution >= 0.6 is 0 Å². The van der Waals surface area contributed by atoms with Gasteiger partial charge in [0.1, 0.15) is 0 Å². The predicted octanol–water partition coefficient (Wildman–Crippen LogP) is 14.6. The van der Waals surface area contributed by atoms with Crippen LogP contribution < -0.4 is 0 Å². The van der Waals surface area contributed by atoms with E-state index in [1.54, 1.807) is 0 Å². The maximum Gasteiger partial charge on any atom is 0.0159 e. The first kappa shape index (κ1) is 40.9. The van der Waals surface area contributed by atoms with E-state index in [9.17, 15) is 0 Å². The average molecular weight is 627 g/mol. The van der Waals surface area contributed by atoms with Gasteiger partial charge < -0.3 is 0 Å². The quantitative estimate of drug-likeness (QED) is 0.218. The van der Waals surface area contributed by atoms with Crippen molar-refractivity contribution in [1.29, 1.82) is 0 Å². The molecule has 3 aromatic carbocycles. The fraction of sp³-hybridized carbons (Fsp3) is 0.319. The van der Waals surface area contributed by atoms with Crippen molar-refractivity contribution in [3.05, 3.63) is 160 Å². The van der Waals surface area contributed by atoms with Crippen molar-refractivity contribution in [1.82, 2.24) is 0 Å². The fourth-order valence-corrected chi connectivity index (χ4v) is 5.88. The second-order valence-corrected chi connectivity index (χ2v) is 12.3. The Bertz CT molecular complexity index is 1620. The fourth-order valence-electron chi connectivity index (χ4n) is 5.88. The maximum atomic E-state index is 4.01. The van der Waals surface area contributed by atoms with Gasteiger partial charge in [-0.15, -0.1) is 0 Å². The Balaban J connectivity index is 0.000000378. The Labute approximate surface area is 289 Å². The zero-order chi connectivity index (χ0) is 35.7. The van der Waals surface area contributed by atoms with E-state index >= 15 is 0 Å². The lowest BCUT2D eigenvalue weighted by atomic mass is 9.81. The van der Waals surface area contributed by atoms with Gasteiger partial charge in [0.05, 0.1) is 0 Å². The van der Waals surface area contributed by atoms with Gasteiger partial charge in [-0.2, -0.15) is 0 Å². The molecular weight excluding hydrogens is 565 g/mol. The lowest BCUT2D eigenvalue weighted by molar-refractivity contribution is 0.659. The summed E-state index contributed by atoms with van der Waals surface area (Å²) >= 11 is 0. The predicted molar refractivity (Wildman–Crippen MR) is 217 cm³/mol. The van der Waals surface area contributed by atoms with Crippen molar-refractivity contribution in [2.24, 2.45) is 0 Å². The highest BCUT2D eigenvalue weighted by molar-refractivity contribution is 5.90. The molecule has 0 unspecified atom stereocenters. The van der Waals surface area contributed by atoms with Gasteiger partial charge in [0.25, 0.3) is 0 Å². The summed E-state index contributed by atoms with van der Waals surface area (Å²) in [5.41, 5.74) is 17.1. The molecule has 0 atom stereocenters. The number of hydrogen-bond donors (Lipinski definition) is 0. The normalized spacial score (nSPS) is 13.1. The van der Waals surface area contributed by atoms with E-state index in [2.05, 4.69) is 148 Å². The highest BCUT2D eigenvalue weighted by Gasteiger charge is 2.36. The number of rotatable bonds is 8. The van der Waals surface area contributed by atoms with E-state index in [0.717, 1.165) is 12.0 Å². The number of allylic oxidation sites excluding steroid dienone is 9. The van der Waals surface area contributed by atoms with E-state index < -0.39 is 0 Å². The van der Waals surface area contributed by atoms with E-state index in [0.29, 0.717) is 0 Å². The number of hydrogen-bond acceptors (Lipinski definition) is 0. The molecule has 0 saturated heterocycles. The van der Waals surface area contributed by atoms with Crippen LogP contribution in [0.15, 0.2) is 116 Å². The first-order valence-corrected chi connectivity index (χ1v) is 17.3. The van der Waals surface area contributed by atoms with Crippen LogP contribution in [0.1, 0.15) is 120 Å². The van der Waals surface area contributed by atoms with Crippen LogP contribution in [0.2, 0.25) is 0 Å². The summed E-state index contributed by atoms with van der Waals surface area (Å²) in [5.74, 6) is 0. The summed E-state index contributed by atoms with van der Waals surface area (Å²) < 4.78 is 0. The van der Waals surface area contributed by atoms with Crippen LogP contribution in [0.25, 0.3) is 28.9 Å². The zero-order valence-corrected chi connectivity index (χ0v) is 31.8. The van der Waals surface area contributed by atoms with Gasteiger partial charge in [-0.05, 0) is 111 Å². The molecule has 3 aromatic rings. The van der Waals surface area contributed by atoms with Crippen molar-refractivity contribution in [2.45, 2.75) is 101 Å². The molecule has 0 fully saturated rings. The third-order valence-electron chi connectivity index (χ3n) is 8.52. The van der Waals surface area contributed by atoms with E-state index in [1.165, 1.54) is 73.2 Å². The van der Waals surface area contributed by atoms with Crippen molar-refractivity contribution in [3.63, 3.8) is 0 Å². The minimum Gasteiger partial charge on any atom is -0.0988 e. The van der Waals surface area contributed by atoms with Gasteiger partial charge in [-0.25, -0.2) is 0 Å². The van der Waals surface area contributed by atoms with Crippen LogP contribution in [0.3, 0.4) is 0 Å². The maximum absolute atomic E-state index is 4.01. The van der Waals surface area contributed by atoms with Crippen LogP contribution in [0.4, 0.5) is 0 Å². The van der Waals surface area contributed by atoms with Crippen LogP contribution in [0.5, 0.6) is 0 Å². The topological polar surface area (TPSA) is 0 Å². The molecule has 0 saturated carbocycles. The summed E-state index contributed by atoms with van der Waals surface area (Å²) in [7, 11) is 0. The third-order valence-corrected chi connectivity index (χ3v) is 8.52. The summed E-state index contributed by atoms with van der Waals surface area (Å²) in [4.78, 5) is 0. The lowest BCUT2D eigenvalue weighted by Crippen LogP contribution is -2.15. The highest BCUT2D eigenvalue weighted by Crippen LogP contribution is 2.51. The Morgan fingerprint density at radius 1 is 0.766 bits per heavy atom. The molecule has 0 heterocycles. The molecule has 0 spiro atoms. The van der Waals surface area contributed by atoms with Gasteiger partial charge in [0, 0.05) is 5.41 Å². The molecule has 0 N–H and O–H groups in total. The summed E-state index contributed by atoms with van der Waals surface area (Å²) in [6, 6.07) is 17.9. The minimum absolute atomic E-state index is 0.0497. The largest absolute Gasteiger partial charge is 0.0988 e. The van der Waals surface area contributed by atoms with Gasteiger partial charge in [-0.1, -0.05) is 175 Å². The van der Waals surface area contributed by atoms with Crippen molar-refractivity contribution < 1.29 is 0 Å². The first-order valence-electron chi connectivity index (χ1n) is 17.3. The van der Waals surface area contributed by atoms with Crippen LogP contribution in [0, 0.1) is 13.8 Å². The highest BCUT2D eigenvalue weighted by atomic mass is 14.4. The summed E-state index contributed by atoms with van der Waals surface area (Å²) in [6.45, 7) is 37.3. The molecule has 0 nitrogen and oxygen atoms in total. The molecule has 47 heavy (non-hydrogen) atoms. The van der Waals surface area contributed by atoms with Gasteiger partial charge >= 0.3 is 0 Å². The van der Waals surface area contributed by atoms with E-state index in [-0.39, 0.29) is 5.41 Å². The second kappa shape index (κ2) is 20.2. The molecule has 0 bridgehead atoms.